The zero-order valence-corrected chi connectivity index (χ0v) is 20.0. The molecule has 4 rings (SSSR count). The smallest absolute Gasteiger partial charge is 0.240 e. The van der Waals surface area contributed by atoms with Crippen LogP contribution in [0.4, 0.5) is 0 Å². The Labute approximate surface area is 202 Å². The molecule has 1 unspecified atom stereocenters. The third-order valence-corrected chi connectivity index (χ3v) is 6.72. The highest BCUT2D eigenvalue weighted by atomic mass is 35.5. The lowest BCUT2D eigenvalue weighted by Crippen LogP contribution is -2.34. The summed E-state index contributed by atoms with van der Waals surface area (Å²) in [6.45, 7) is 5.27. The van der Waals surface area contributed by atoms with Crippen molar-refractivity contribution in [2.24, 2.45) is 0 Å². The van der Waals surface area contributed by atoms with Crippen molar-refractivity contribution < 1.29 is 4.79 Å². The molecule has 33 heavy (non-hydrogen) atoms. The normalized spacial score (nSPS) is 11.8. The van der Waals surface area contributed by atoms with Crippen LogP contribution in [0.3, 0.4) is 0 Å². The van der Waals surface area contributed by atoms with E-state index < -0.39 is 5.25 Å². The number of benzene rings is 2. The van der Waals surface area contributed by atoms with Gasteiger partial charge in [0, 0.05) is 41.8 Å². The maximum Gasteiger partial charge on any atom is 0.240 e. The predicted molar refractivity (Wildman–Crippen MR) is 133 cm³/mol. The van der Waals surface area contributed by atoms with Crippen LogP contribution in [0.1, 0.15) is 24.7 Å². The number of hydrogen-bond donors (Lipinski definition) is 0. The Hall–Kier alpha value is -3.16. The highest BCUT2D eigenvalue weighted by molar-refractivity contribution is 8.00. The largest absolute Gasteiger partial charge is 0.342 e. The molecule has 0 aliphatic rings. The fraction of sp³-hybridized carbons (Fsp3) is 0.200. The first kappa shape index (κ1) is 23.0. The molecule has 0 fully saturated rings. The number of aromatic nitrogens is 4. The number of likely N-dealkylation sites (N-methyl/N-ethyl adjacent to an activating group) is 1. The van der Waals surface area contributed by atoms with Gasteiger partial charge in [0.2, 0.25) is 5.91 Å². The van der Waals surface area contributed by atoms with E-state index in [2.05, 4.69) is 15.2 Å². The number of nitrogens with zero attached hydrogens (tertiary/aromatic N) is 5. The van der Waals surface area contributed by atoms with Crippen molar-refractivity contribution in [1.29, 1.82) is 0 Å². The van der Waals surface area contributed by atoms with Gasteiger partial charge in [-0.3, -0.25) is 14.3 Å². The number of thioether (sulfide) groups is 1. The molecule has 2 heterocycles. The maximum atomic E-state index is 13.5. The van der Waals surface area contributed by atoms with Crippen LogP contribution in [0, 0.1) is 0 Å². The van der Waals surface area contributed by atoms with Crippen LogP contribution < -0.4 is 0 Å². The molecule has 168 valence electrons. The zero-order valence-electron chi connectivity index (χ0n) is 18.4. The summed E-state index contributed by atoms with van der Waals surface area (Å²) in [5, 5.41) is 9.80. The van der Waals surface area contributed by atoms with Crippen molar-refractivity contribution in [3.8, 4) is 17.1 Å². The number of hydrogen-bond acceptors (Lipinski definition) is 5. The summed E-state index contributed by atoms with van der Waals surface area (Å²) < 4.78 is 1.96. The minimum Gasteiger partial charge on any atom is -0.342 e. The Balaban J connectivity index is 1.82. The van der Waals surface area contributed by atoms with Gasteiger partial charge < -0.3 is 4.90 Å². The maximum absolute atomic E-state index is 13.5. The van der Waals surface area contributed by atoms with Crippen LogP contribution in [0.15, 0.2) is 84.3 Å². The number of pyridine rings is 1. The molecular weight excluding hydrogens is 454 g/mol. The minimum absolute atomic E-state index is 0.0484. The van der Waals surface area contributed by atoms with Crippen LogP contribution >= 0.6 is 23.4 Å². The molecular formula is C25H24ClN5OS. The van der Waals surface area contributed by atoms with Gasteiger partial charge in [0.15, 0.2) is 11.0 Å². The summed E-state index contributed by atoms with van der Waals surface area (Å²) >= 11 is 7.54. The summed E-state index contributed by atoms with van der Waals surface area (Å²) in [4.78, 5) is 19.5. The lowest BCUT2D eigenvalue weighted by molar-refractivity contribution is -0.130. The first-order valence-electron chi connectivity index (χ1n) is 10.7. The van der Waals surface area contributed by atoms with Gasteiger partial charge in [0.25, 0.3) is 0 Å². The van der Waals surface area contributed by atoms with Gasteiger partial charge in [-0.15, -0.1) is 10.2 Å². The third-order valence-electron chi connectivity index (χ3n) is 5.28. The second-order valence-corrected chi connectivity index (χ2v) is 8.78. The lowest BCUT2D eigenvalue weighted by Gasteiger charge is -2.25. The van der Waals surface area contributed by atoms with Crippen molar-refractivity contribution in [2.75, 3.05) is 13.1 Å². The second kappa shape index (κ2) is 10.6. The number of carbonyl (C=O) groups excluding carboxylic acids is 1. The SMILES string of the molecule is CCN(CC)C(=O)C(Sc1nnc(-c2ccncc2)n1-c1ccc(Cl)cc1)c1ccccc1. The highest BCUT2D eigenvalue weighted by Crippen LogP contribution is 2.38. The molecule has 0 N–H and O–H groups in total. The minimum atomic E-state index is -0.452. The van der Waals surface area contributed by atoms with Crippen molar-refractivity contribution >= 4 is 29.3 Å². The quantitative estimate of drug-likeness (QED) is 0.305. The van der Waals surface area contributed by atoms with Crippen LogP contribution in [-0.2, 0) is 4.79 Å². The summed E-state index contributed by atoms with van der Waals surface area (Å²) in [5.74, 6) is 0.719. The van der Waals surface area contributed by atoms with Crippen molar-refractivity contribution in [3.63, 3.8) is 0 Å². The van der Waals surface area contributed by atoms with E-state index in [9.17, 15) is 4.79 Å². The number of rotatable bonds is 8. The lowest BCUT2D eigenvalue weighted by atomic mass is 10.1. The Morgan fingerprint density at radius 1 is 0.970 bits per heavy atom. The van der Waals surface area contributed by atoms with Crippen molar-refractivity contribution in [3.05, 3.63) is 89.7 Å². The van der Waals surface area contributed by atoms with Gasteiger partial charge in [0.1, 0.15) is 5.25 Å². The Morgan fingerprint density at radius 3 is 2.27 bits per heavy atom. The van der Waals surface area contributed by atoms with Gasteiger partial charge in [-0.05, 0) is 55.8 Å². The van der Waals surface area contributed by atoms with Crippen LogP contribution in [0.25, 0.3) is 17.1 Å². The molecule has 1 atom stereocenters. The van der Waals surface area contributed by atoms with Crippen molar-refractivity contribution in [1.82, 2.24) is 24.6 Å². The molecule has 1 amide bonds. The van der Waals surface area contributed by atoms with E-state index in [-0.39, 0.29) is 5.91 Å². The third kappa shape index (κ3) is 5.10. The topological polar surface area (TPSA) is 63.9 Å². The van der Waals surface area contributed by atoms with Crippen LogP contribution in [0.2, 0.25) is 5.02 Å². The van der Waals surface area contributed by atoms with E-state index >= 15 is 0 Å². The van der Waals surface area contributed by atoms with Gasteiger partial charge in [0.05, 0.1) is 0 Å². The average molecular weight is 478 g/mol. The summed E-state index contributed by atoms with van der Waals surface area (Å²) in [6, 6.07) is 21.1. The summed E-state index contributed by atoms with van der Waals surface area (Å²) in [5.41, 5.74) is 2.67. The highest BCUT2D eigenvalue weighted by Gasteiger charge is 2.29. The number of halogens is 1. The monoisotopic (exact) mass is 477 g/mol. The van der Waals surface area contributed by atoms with E-state index in [1.807, 2.05) is 90.0 Å². The molecule has 2 aromatic heterocycles. The van der Waals surface area contributed by atoms with E-state index in [0.717, 1.165) is 16.8 Å². The molecule has 2 aromatic carbocycles. The fourth-order valence-corrected chi connectivity index (χ4v) is 4.82. The first-order valence-corrected chi connectivity index (χ1v) is 12.0. The van der Waals surface area contributed by atoms with Crippen LogP contribution in [0.5, 0.6) is 0 Å². The average Bonchev–Trinajstić information content (AvgIpc) is 3.28. The van der Waals surface area contributed by atoms with Gasteiger partial charge in [-0.25, -0.2) is 0 Å². The first-order chi connectivity index (χ1) is 16.1. The standard InChI is InChI=1S/C25H24ClN5OS/c1-3-30(4-2)24(32)22(18-8-6-5-7-9-18)33-25-29-28-23(19-14-16-27-17-15-19)31(25)21-12-10-20(26)11-13-21/h5-17,22H,3-4H2,1-2H3. The van der Waals surface area contributed by atoms with Gasteiger partial charge in [-0.2, -0.15) is 0 Å². The molecule has 0 saturated heterocycles. The van der Waals surface area contributed by atoms with Crippen molar-refractivity contribution in [2.45, 2.75) is 24.3 Å². The number of amides is 1. The molecule has 8 heteroatoms. The molecule has 4 aromatic rings. The van der Waals surface area contributed by atoms with Gasteiger partial charge >= 0.3 is 0 Å². The second-order valence-electron chi connectivity index (χ2n) is 7.27. The fourth-order valence-electron chi connectivity index (χ4n) is 3.55. The predicted octanol–water partition coefficient (Wildman–Crippen LogP) is 5.68. The molecule has 0 bridgehead atoms. The van der Waals surface area contributed by atoms with E-state index in [1.54, 1.807) is 12.4 Å². The number of carbonyl (C=O) groups is 1. The van der Waals surface area contributed by atoms with Gasteiger partial charge in [-0.1, -0.05) is 53.7 Å². The van der Waals surface area contributed by atoms with E-state index in [1.165, 1.54) is 11.8 Å². The van der Waals surface area contributed by atoms with E-state index in [0.29, 0.717) is 29.1 Å². The Kier molecular flexibility index (Phi) is 7.42. The summed E-state index contributed by atoms with van der Waals surface area (Å²) in [7, 11) is 0. The molecule has 0 saturated carbocycles. The summed E-state index contributed by atoms with van der Waals surface area (Å²) in [6.07, 6.45) is 3.44. The molecule has 0 aliphatic carbocycles. The Bertz CT molecular complexity index is 1190. The molecule has 0 spiro atoms. The van der Waals surface area contributed by atoms with E-state index in [4.69, 9.17) is 11.6 Å². The Morgan fingerprint density at radius 2 is 1.64 bits per heavy atom. The zero-order chi connectivity index (χ0) is 23.2. The molecule has 6 nitrogen and oxygen atoms in total. The molecule has 0 aliphatic heterocycles. The van der Waals surface area contributed by atoms with Crippen LogP contribution in [-0.4, -0.2) is 43.6 Å². The molecule has 0 radical (unpaired) electrons.